The number of carbonyl (C=O) groups is 1. The average molecular weight is 338 g/mol. The maximum absolute atomic E-state index is 11.7. The van der Waals surface area contributed by atoms with E-state index < -0.39 is 5.91 Å². The molecule has 0 aliphatic carbocycles. The predicted octanol–water partition coefficient (Wildman–Crippen LogP) is 2.60. The number of hydrogen-bond donors (Lipinski definition) is 1. The number of ether oxygens (including phenoxy) is 1. The fourth-order valence-electron chi connectivity index (χ4n) is 1.37. The molecule has 20 heavy (non-hydrogen) atoms. The summed E-state index contributed by atoms with van der Waals surface area (Å²) >= 11 is 3.35. The van der Waals surface area contributed by atoms with E-state index in [0.717, 1.165) is 10.0 Å². The number of carbonyl (C=O) groups excluding carboxylic acids is 1. The standard InChI is InChI=1S/C13H12BrN3O3/c1-2-19-11-8-15-13(20-11)12(18)17-16-7-9-4-3-5-10(14)6-9/h3-8H,2H2,1H3,(H,17,18)/b16-7-. The minimum atomic E-state index is -0.540. The monoisotopic (exact) mass is 337 g/mol. The lowest BCUT2D eigenvalue weighted by Crippen LogP contribution is -2.17. The molecule has 0 aliphatic heterocycles. The number of hydrogen-bond acceptors (Lipinski definition) is 5. The molecule has 2 rings (SSSR count). The van der Waals surface area contributed by atoms with Crippen LogP contribution in [0.1, 0.15) is 23.2 Å². The molecule has 7 heteroatoms. The first-order valence-corrected chi connectivity index (χ1v) is 6.66. The highest BCUT2D eigenvalue weighted by atomic mass is 79.9. The molecular formula is C13H12BrN3O3. The fraction of sp³-hybridized carbons (Fsp3) is 0.154. The van der Waals surface area contributed by atoms with Gasteiger partial charge >= 0.3 is 11.9 Å². The van der Waals surface area contributed by atoms with Gasteiger partial charge in [0.25, 0.3) is 5.89 Å². The topological polar surface area (TPSA) is 76.7 Å². The molecule has 1 N–H and O–H groups in total. The van der Waals surface area contributed by atoms with Crippen LogP contribution in [0.4, 0.5) is 0 Å². The van der Waals surface area contributed by atoms with Gasteiger partial charge in [-0.2, -0.15) is 5.10 Å². The molecule has 0 saturated heterocycles. The Labute approximate surface area is 124 Å². The van der Waals surface area contributed by atoms with Gasteiger partial charge in [-0.3, -0.25) is 4.79 Å². The molecule has 1 aromatic heterocycles. The molecule has 0 saturated carbocycles. The lowest BCUT2D eigenvalue weighted by atomic mass is 10.2. The predicted molar refractivity (Wildman–Crippen MR) is 76.9 cm³/mol. The fourth-order valence-corrected chi connectivity index (χ4v) is 1.79. The van der Waals surface area contributed by atoms with Crippen molar-refractivity contribution in [3.8, 4) is 5.95 Å². The Morgan fingerprint density at radius 2 is 2.45 bits per heavy atom. The van der Waals surface area contributed by atoms with Crippen LogP contribution >= 0.6 is 15.9 Å². The van der Waals surface area contributed by atoms with E-state index in [2.05, 4.69) is 31.4 Å². The second-order valence-electron chi connectivity index (χ2n) is 3.67. The summed E-state index contributed by atoms with van der Waals surface area (Å²) in [4.78, 5) is 15.5. The second kappa shape index (κ2) is 6.85. The zero-order valence-corrected chi connectivity index (χ0v) is 12.3. The first kappa shape index (κ1) is 14.3. The Balaban J connectivity index is 1.94. The van der Waals surface area contributed by atoms with E-state index in [-0.39, 0.29) is 11.8 Å². The van der Waals surface area contributed by atoms with Crippen molar-refractivity contribution in [2.24, 2.45) is 5.10 Å². The second-order valence-corrected chi connectivity index (χ2v) is 4.59. The number of nitrogens with one attached hydrogen (secondary N) is 1. The SMILES string of the molecule is CCOc1cnc(C(=O)N/N=C\c2cccc(Br)c2)o1. The normalized spacial score (nSPS) is 10.7. The van der Waals surface area contributed by atoms with Crippen LogP contribution in [0, 0.1) is 0 Å². The van der Waals surface area contributed by atoms with E-state index in [1.165, 1.54) is 12.4 Å². The zero-order chi connectivity index (χ0) is 14.4. The molecule has 6 nitrogen and oxygen atoms in total. The van der Waals surface area contributed by atoms with Crippen LogP contribution in [0.3, 0.4) is 0 Å². The van der Waals surface area contributed by atoms with E-state index in [0.29, 0.717) is 6.61 Å². The minimum Gasteiger partial charge on any atom is -0.464 e. The number of benzene rings is 1. The van der Waals surface area contributed by atoms with E-state index in [1.54, 1.807) is 0 Å². The molecule has 0 spiro atoms. The molecule has 0 bridgehead atoms. The summed E-state index contributed by atoms with van der Waals surface area (Å²) in [6, 6.07) is 7.50. The molecule has 104 valence electrons. The third kappa shape index (κ3) is 3.92. The lowest BCUT2D eigenvalue weighted by molar-refractivity contribution is 0.0912. The van der Waals surface area contributed by atoms with Gasteiger partial charge in [-0.05, 0) is 24.6 Å². The van der Waals surface area contributed by atoms with Gasteiger partial charge in [-0.25, -0.2) is 10.4 Å². The van der Waals surface area contributed by atoms with Crippen molar-refractivity contribution < 1.29 is 13.9 Å². The molecular weight excluding hydrogens is 326 g/mol. The van der Waals surface area contributed by atoms with Gasteiger partial charge in [0, 0.05) is 4.47 Å². The Morgan fingerprint density at radius 1 is 1.60 bits per heavy atom. The molecule has 0 aliphatic rings. The largest absolute Gasteiger partial charge is 0.464 e. The summed E-state index contributed by atoms with van der Waals surface area (Å²) in [5.41, 5.74) is 3.17. The van der Waals surface area contributed by atoms with Crippen LogP contribution in [0.15, 0.2) is 44.5 Å². The molecule has 0 atom stereocenters. The molecule has 1 aromatic carbocycles. The molecule has 1 heterocycles. The minimum absolute atomic E-state index is 0.0974. The molecule has 0 unspecified atom stereocenters. The van der Waals surface area contributed by atoms with Crippen molar-refractivity contribution in [2.75, 3.05) is 6.61 Å². The highest BCUT2D eigenvalue weighted by molar-refractivity contribution is 9.10. The molecule has 1 amide bonds. The maximum Gasteiger partial charge on any atom is 0.327 e. The summed E-state index contributed by atoms with van der Waals surface area (Å²) in [6.45, 7) is 2.25. The third-order valence-corrected chi connectivity index (χ3v) is 2.69. The van der Waals surface area contributed by atoms with Crippen molar-refractivity contribution in [3.63, 3.8) is 0 Å². The highest BCUT2D eigenvalue weighted by Gasteiger charge is 2.12. The van der Waals surface area contributed by atoms with Crippen LogP contribution < -0.4 is 10.2 Å². The molecule has 0 radical (unpaired) electrons. The molecule has 0 fully saturated rings. The van der Waals surface area contributed by atoms with E-state index in [9.17, 15) is 4.79 Å². The van der Waals surface area contributed by atoms with Crippen LogP contribution in [0.5, 0.6) is 5.95 Å². The average Bonchev–Trinajstić information content (AvgIpc) is 2.88. The first-order chi connectivity index (χ1) is 9.69. The Kier molecular flexibility index (Phi) is 4.89. The van der Waals surface area contributed by atoms with E-state index in [1.807, 2.05) is 31.2 Å². The van der Waals surface area contributed by atoms with Crippen molar-refractivity contribution in [1.29, 1.82) is 0 Å². The van der Waals surface area contributed by atoms with Crippen molar-refractivity contribution in [1.82, 2.24) is 10.4 Å². The zero-order valence-electron chi connectivity index (χ0n) is 10.7. The van der Waals surface area contributed by atoms with Crippen molar-refractivity contribution in [2.45, 2.75) is 6.92 Å². The Hall–Kier alpha value is -2.15. The van der Waals surface area contributed by atoms with Gasteiger partial charge in [-0.1, -0.05) is 28.1 Å². The van der Waals surface area contributed by atoms with Crippen LogP contribution in [-0.2, 0) is 0 Å². The van der Waals surface area contributed by atoms with Crippen LogP contribution in [-0.4, -0.2) is 23.7 Å². The lowest BCUT2D eigenvalue weighted by Gasteiger charge is -1.96. The third-order valence-electron chi connectivity index (χ3n) is 2.19. The smallest absolute Gasteiger partial charge is 0.327 e. The van der Waals surface area contributed by atoms with Gasteiger partial charge in [0.2, 0.25) is 0 Å². The van der Waals surface area contributed by atoms with Crippen molar-refractivity contribution in [3.05, 3.63) is 46.4 Å². The maximum atomic E-state index is 11.7. The number of amides is 1. The Morgan fingerprint density at radius 3 is 3.20 bits per heavy atom. The van der Waals surface area contributed by atoms with Gasteiger partial charge in [0.1, 0.15) is 6.20 Å². The number of hydrazone groups is 1. The highest BCUT2D eigenvalue weighted by Crippen LogP contribution is 2.12. The van der Waals surface area contributed by atoms with Crippen LogP contribution in [0.25, 0.3) is 0 Å². The summed E-state index contributed by atoms with van der Waals surface area (Å²) in [7, 11) is 0. The first-order valence-electron chi connectivity index (χ1n) is 5.86. The number of aromatic nitrogens is 1. The summed E-state index contributed by atoms with van der Waals surface area (Å²) in [5.74, 6) is -0.435. The molecule has 2 aromatic rings. The van der Waals surface area contributed by atoms with Gasteiger partial charge in [-0.15, -0.1) is 0 Å². The number of oxazole rings is 1. The van der Waals surface area contributed by atoms with Crippen LogP contribution in [0.2, 0.25) is 0 Å². The van der Waals surface area contributed by atoms with Gasteiger partial charge in [0.15, 0.2) is 0 Å². The number of rotatable bonds is 5. The van der Waals surface area contributed by atoms with Crippen molar-refractivity contribution >= 4 is 28.1 Å². The van der Waals surface area contributed by atoms with Gasteiger partial charge < -0.3 is 9.15 Å². The summed E-state index contributed by atoms with van der Waals surface area (Å²) in [5, 5.41) is 3.83. The Bertz CT molecular complexity index is 625. The van der Waals surface area contributed by atoms with E-state index >= 15 is 0 Å². The summed E-state index contributed by atoms with van der Waals surface area (Å²) in [6.07, 6.45) is 2.87. The van der Waals surface area contributed by atoms with Gasteiger partial charge in [0.05, 0.1) is 12.8 Å². The number of halogens is 1. The summed E-state index contributed by atoms with van der Waals surface area (Å²) < 4.78 is 11.1. The van der Waals surface area contributed by atoms with E-state index in [4.69, 9.17) is 9.15 Å². The number of nitrogens with zero attached hydrogens (tertiary/aromatic N) is 2. The quantitative estimate of drug-likeness (QED) is 0.672.